The van der Waals surface area contributed by atoms with E-state index in [1.54, 1.807) is 42.5 Å². The summed E-state index contributed by atoms with van der Waals surface area (Å²) in [6, 6.07) is 14.8. The van der Waals surface area contributed by atoms with Gasteiger partial charge in [-0.15, -0.1) is 0 Å². The molecule has 0 N–H and O–H groups in total. The number of allylic oxidation sites excluding steroid dienone is 1. The van der Waals surface area contributed by atoms with Gasteiger partial charge in [0.05, 0.1) is 4.90 Å². The van der Waals surface area contributed by atoms with Gasteiger partial charge in [-0.3, -0.25) is 4.79 Å². The van der Waals surface area contributed by atoms with Crippen LogP contribution >= 0.6 is 0 Å². The van der Waals surface area contributed by atoms with Crippen molar-refractivity contribution >= 4 is 15.9 Å². The molecule has 150 valence electrons. The number of hydrogen-bond acceptors (Lipinski definition) is 3. The van der Waals surface area contributed by atoms with E-state index in [1.807, 2.05) is 13.8 Å². The molecule has 0 aliphatic carbocycles. The Balaban J connectivity index is 2.33. The van der Waals surface area contributed by atoms with Crippen molar-refractivity contribution in [3.8, 4) is 0 Å². The van der Waals surface area contributed by atoms with Crippen molar-refractivity contribution in [1.82, 2.24) is 4.31 Å². The predicted molar refractivity (Wildman–Crippen MR) is 109 cm³/mol. The summed E-state index contributed by atoms with van der Waals surface area (Å²) < 4.78 is 41.5. The van der Waals surface area contributed by atoms with E-state index in [4.69, 9.17) is 0 Å². The van der Waals surface area contributed by atoms with Crippen molar-refractivity contribution in [3.05, 3.63) is 77.4 Å². The molecule has 6 heteroatoms. The summed E-state index contributed by atoms with van der Waals surface area (Å²) in [5.74, 6) is -0.731. The highest BCUT2D eigenvalue weighted by Crippen LogP contribution is 2.26. The fraction of sp³-hybridized carbons (Fsp3) is 0.318. The van der Waals surface area contributed by atoms with E-state index in [9.17, 15) is 17.6 Å². The minimum Gasteiger partial charge on any atom is -0.269 e. The zero-order valence-corrected chi connectivity index (χ0v) is 17.2. The van der Waals surface area contributed by atoms with E-state index in [0.717, 1.165) is 22.4 Å². The Kier molecular flexibility index (Phi) is 7.52. The monoisotopic (exact) mass is 403 g/mol. The van der Waals surface area contributed by atoms with Gasteiger partial charge in [0.25, 0.3) is 15.9 Å². The van der Waals surface area contributed by atoms with Gasteiger partial charge in [0.1, 0.15) is 6.17 Å². The number of carbonyl (C=O) groups is 1. The zero-order chi connectivity index (χ0) is 20.7. The smallest absolute Gasteiger partial charge is 0.266 e. The molecular weight excluding hydrogens is 377 g/mol. The Morgan fingerprint density at radius 2 is 1.71 bits per heavy atom. The van der Waals surface area contributed by atoms with Crippen LogP contribution in [0.3, 0.4) is 0 Å². The molecule has 1 amide bonds. The molecule has 1 unspecified atom stereocenters. The Bertz CT molecular complexity index is 922. The lowest BCUT2D eigenvalue weighted by Gasteiger charge is -2.22. The minimum absolute atomic E-state index is 0.0495. The first-order chi connectivity index (χ1) is 13.3. The molecule has 0 aromatic heterocycles. The van der Waals surface area contributed by atoms with Gasteiger partial charge in [-0.05, 0) is 43.5 Å². The quantitative estimate of drug-likeness (QED) is 0.585. The second-order valence-electron chi connectivity index (χ2n) is 6.74. The maximum atomic E-state index is 14.7. The zero-order valence-electron chi connectivity index (χ0n) is 16.4. The number of nitrogens with zero attached hydrogens (tertiary/aromatic N) is 1. The average Bonchev–Trinajstić information content (AvgIpc) is 2.68. The number of rotatable bonds is 8. The van der Waals surface area contributed by atoms with Crippen LogP contribution in [0.15, 0.2) is 71.1 Å². The fourth-order valence-electron chi connectivity index (χ4n) is 2.71. The van der Waals surface area contributed by atoms with E-state index >= 15 is 0 Å². The van der Waals surface area contributed by atoms with Crippen molar-refractivity contribution in [2.75, 3.05) is 6.54 Å². The molecule has 28 heavy (non-hydrogen) atoms. The number of aryl methyl sites for hydroxylation is 1. The van der Waals surface area contributed by atoms with E-state index in [2.05, 4.69) is 0 Å². The number of carbonyl (C=O) groups excluding carboxylic acids is 1. The van der Waals surface area contributed by atoms with Crippen molar-refractivity contribution in [2.24, 2.45) is 0 Å². The van der Waals surface area contributed by atoms with Gasteiger partial charge in [0.15, 0.2) is 0 Å². The van der Waals surface area contributed by atoms with Crippen LogP contribution in [0.4, 0.5) is 4.39 Å². The van der Waals surface area contributed by atoms with Gasteiger partial charge in [-0.25, -0.2) is 17.1 Å². The van der Waals surface area contributed by atoms with Crippen LogP contribution in [0.2, 0.25) is 0 Å². The number of hydrogen-bond donors (Lipinski definition) is 0. The SMILES string of the molecule is CCCCN(C(=O)/C=C(\C)C(F)c1ccccc1)S(=O)(=O)c1ccc(C)cc1. The van der Waals surface area contributed by atoms with Crippen molar-refractivity contribution < 1.29 is 17.6 Å². The first-order valence-corrected chi connectivity index (χ1v) is 10.7. The highest BCUT2D eigenvalue weighted by molar-refractivity contribution is 7.89. The Hall–Kier alpha value is -2.47. The van der Waals surface area contributed by atoms with E-state index < -0.39 is 22.1 Å². The van der Waals surface area contributed by atoms with Crippen LogP contribution < -0.4 is 0 Å². The van der Waals surface area contributed by atoms with Gasteiger partial charge in [-0.1, -0.05) is 61.4 Å². The molecule has 0 aliphatic heterocycles. The topological polar surface area (TPSA) is 54.5 Å². The molecule has 0 saturated heterocycles. The molecule has 0 spiro atoms. The highest BCUT2D eigenvalue weighted by Gasteiger charge is 2.28. The largest absolute Gasteiger partial charge is 0.269 e. The van der Waals surface area contributed by atoms with Crippen LogP contribution in [-0.4, -0.2) is 25.2 Å². The van der Waals surface area contributed by atoms with Gasteiger partial charge >= 0.3 is 0 Å². The molecular formula is C22H26FNO3S. The van der Waals surface area contributed by atoms with Gasteiger partial charge in [0.2, 0.25) is 0 Å². The predicted octanol–water partition coefficient (Wildman–Crippen LogP) is 4.97. The van der Waals surface area contributed by atoms with E-state index in [0.29, 0.717) is 12.0 Å². The standard InChI is InChI=1S/C22H26FNO3S/c1-4-5-15-24(28(26,27)20-13-11-17(2)12-14-20)21(25)16-18(3)22(23)19-9-7-6-8-10-19/h6-14,16,22H,4-5,15H2,1-3H3/b18-16+. The number of sulfonamides is 1. The van der Waals surface area contributed by atoms with Crippen LogP contribution in [0.25, 0.3) is 0 Å². The minimum atomic E-state index is -4.01. The third kappa shape index (κ3) is 5.29. The Labute approximate surface area is 166 Å². The molecule has 1 atom stereocenters. The first kappa shape index (κ1) is 21.8. The summed E-state index contributed by atoms with van der Waals surface area (Å²) in [6.45, 7) is 5.31. The molecule has 2 rings (SSSR count). The normalized spacial score (nSPS) is 13.2. The molecule has 0 aliphatic rings. The molecule has 0 saturated carbocycles. The third-order valence-electron chi connectivity index (χ3n) is 4.41. The average molecular weight is 404 g/mol. The van der Waals surface area contributed by atoms with E-state index in [-0.39, 0.29) is 17.0 Å². The molecule has 2 aromatic carbocycles. The maximum absolute atomic E-state index is 14.7. The number of alkyl halides is 1. The first-order valence-electron chi connectivity index (χ1n) is 9.28. The van der Waals surface area contributed by atoms with Crippen LogP contribution in [0.1, 0.15) is 44.0 Å². The lowest BCUT2D eigenvalue weighted by molar-refractivity contribution is -0.121. The molecule has 0 radical (unpaired) electrons. The van der Waals surface area contributed by atoms with E-state index in [1.165, 1.54) is 19.1 Å². The second kappa shape index (κ2) is 9.64. The third-order valence-corrected chi connectivity index (χ3v) is 6.22. The van der Waals surface area contributed by atoms with Crippen molar-refractivity contribution in [3.63, 3.8) is 0 Å². The number of amides is 1. The number of unbranched alkanes of at least 4 members (excludes halogenated alkanes) is 1. The molecule has 0 fully saturated rings. The van der Waals surface area contributed by atoms with Crippen molar-refractivity contribution in [2.45, 2.75) is 44.7 Å². The second-order valence-corrected chi connectivity index (χ2v) is 8.61. The van der Waals surface area contributed by atoms with Crippen LogP contribution in [-0.2, 0) is 14.8 Å². The summed E-state index contributed by atoms with van der Waals surface area (Å²) >= 11 is 0. The summed E-state index contributed by atoms with van der Waals surface area (Å²) in [5, 5.41) is 0. The summed E-state index contributed by atoms with van der Waals surface area (Å²) in [6.07, 6.45) is 0.867. The maximum Gasteiger partial charge on any atom is 0.266 e. The van der Waals surface area contributed by atoms with Gasteiger partial charge in [0, 0.05) is 12.6 Å². The van der Waals surface area contributed by atoms with Crippen molar-refractivity contribution in [1.29, 1.82) is 0 Å². The Morgan fingerprint density at radius 3 is 2.29 bits per heavy atom. The van der Waals surface area contributed by atoms with Gasteiger partial charge < -0.3 is 0 Å². The van der Waals surface area contributed by atoms with Crippen LogP contribution in [0, 0.1) is 6.92 Å². The lowest BCUT2D eigenvalue weighted by Crippen LogP contribution is -2.36. The van der Waals surface area contributed by atoms with Crippen LogP contribution in [0.5, 0.6) is 0 Å². The molecule has 0 heterocycles. The molecule has 0 bridgehead atoms. The summed E-state index contributed by atoms with van der Waals surface area (Å²) in [5.41, 5.74) is 1.51. The number of benzene rings is 2. The highest BCUT2D eigenvalue weighted by atomic mass is 32.2. The van der Waals surface area contributed by atoms with Gasteiger partial charge in [-0.2, -0.15) is 0 Å². The fourth-order valence-corrected chi connectivity index (χ4v) is 4.11. The molecule has 4 nitrogen and oxygen atoms in total. The number of halogens is 1. The molecule has 2 aromatic rings. The summed E-state index contributed by atoms with van der Waals surface area (Å²) in [7, 11) is -4.01. The lowest BCUT2D eigenvalue weighted by atomic mass is 10.0. The Morgan fingerprint density at radius 1 is 1.11 bits per heavy atom. The summed E-state index contributed by atoms with van der Waals surface area (Å²) in [4.78, 5) is 12.8.